The molecular weight excluding hydrogens is 230 g/mol. The lowest BCUT2D eigenvalue weighted by molar-refractivity contribution is -0.141. The van der Waals surface area contributed by atoms with Crippen molar-refractivity contribution in [2.24, 2.45) is 0 Å². The quantitative estimate of drug-likeness (QED) is 0.830. The van der Waals surface area contributed by atoms with Crippen LogP contribution < -0.4 is 5.32 Å². The predicted molar refractivity (Wildman–Crippen MR) is 69.5 cm³/mol. The third-order valence-electron chi connectivity index (χ3n) is 2.85. The molecule has 1 unspecified atom stereocenters. The van der Waals surface area contributed by atoms with E-state index in [1.807, 2.05) is 26.0 Å². The molecule has 18 heavy (non-hydrogen) atoms. The molecule has 0 radical (unpaired) electrons. The summed E-state index contributed by atoms with van der Waals surface area (Å²) in [4.78, 5) is 23.0. The average Bonchev–Trinajstić information content (AvgIpc) is 2.32. The van der Waals surface area contributed by atoms with Gasteiger partial charge in [-0.3, -0.25) is 9.59 Å². The fourth-order valence-electron chi connectivity index (χ4n) is 1.57. The SMILES string of the molecule is COC(=O)CC(C)NC(=O)c1ccc(C)c(C)c1. The normalized spacial score (nSPS) is 11.8. The summed E-state index contributed by atoms with van der Waals surface area (Å²) in [6, 6.07) is 5.29. The fraction of sp³-hybridized carbons (Fsp3) is 0.429. The van der Waals surface area contributed by atoms with Gasteiger partial charge in [0.2, 0.25) is 0 Å². The number of carbonyl (C=O) groups is 2. The van der Waals surface area contributed by atoms with Crippen molar-refractivity contribution in [3.8, 4) is 0 Å². The Morgan fingerprint density at radius 1 is 1.28 bits per heavy atom. The zero-order valence-electron chi connectivity index (χ0n) is 11.2. The van der Waals surface area contributed by atoms with Crippen molar-refractivity contribution in [1.29, 1.82) is 0 Å². The van der Waals surface area contributed by atoms with Crippen LogP contribution in [0.2, 0.25) is 0 Å². The molecule has 0 aromatic heterocycles. The van der Waals surface area contributed by atoms with E-state index in [0.717, 1.165) is 11.1 Å². The van der Waals surface area contributed by atoms with Crippen LogP contribution >= 0.6 is 0 Å². The molecule has 0 aliphatic rings. The molecule has 1 aromatic rings. The summed E-state index contributed by atoms with van der Waals surface area (Å²) < 4.78 is 4.55. The number of carbonyl (C=O) groups excluding carboxylic acids is 2. The number of esters is 1. The van der Waals surface area contributed by atoms with E-state index in [1.165, 1.54) is 7.11 Å². The van der Waals surface area contributed by atoms with Gasteiger partial charge in [0.25, 0.3) is 5.91 Å². The summed E-state index contributed by atoms with van der Waals surface area (Å²) in [5, 5.41) is 2.77. The Kier molecular flexibility index (Phi) is 4.89. The Labute approximate surface area is 107 Å². The van der Waals surface area contributed by atoms with Gasteiger partial charge in [0.05, 0.1) is 13.5 Å². The number of rotatable bonds is 4. The maximum absolute atomic E-state index is 11.9. The minimum Gasteiger partial charge on any atom is -0.469 e. The van der Waals surface area contributed by atoms with Crippen LogP contribution in [-0.4, -0.2) is 25.0 Å². The molecule has 1 atom stereocenters. The maximum atomic E-state index is 11.9. The minimum atomic E-state index is -0.331. The van der Waals surface area contributed by atoms with Gasteiger partial charge in [-0.05, 0) is 44.0 Å². The second-order valence-electron chi connectivity index (χ2n) is 4.45. The predicted octanol–water partition coefficient (Wildman–Crippen LogP) is 1.98. The van der Waals surface area contributed by atoms with Crippen LogP contribution in [0.5, 0.6) is 0 Å². The maximum Gasteiger partial charge on any atom is 0.307 e. The molecule has 4 heteroatoms. The molecule has 0 aliphatic heterocycles. The van der Waals surface area contributed by atoms with E-state index in [4.69, 9.17) is 0 Å². The van der Waals surface area contributed by atoms with Gasteiger partial charge in [-0.15, -0.1) is 0 Å². The lowest BCUT2D eigenvalue weighted by atomic mass is 10.1. The van der Waals surface area contributed by atoms with E-state index < -0.39 is 0 Å². The third kappa shape index (κ3) is 3.87. The van der Waals surface area contributed by atoms with Crippen LogP contribution in [0.4, 0.5) is 0 Å². The van der Waals surface area contributed by atoms with Crippen LogP contribution in [0, 0.1) is 13.8 Å². The van der Waals surface area contributed by atoms with Crippen molar-refractivity contribution >= 4 is 11.9 Å². The van der Waals surface area contributed by atoms with Gasteiger partial charge < -0.3 is 10.1 Å². The Hall–Kier alpha value is -1.84. The Bertz CT molecular complexity index is 454. The number of aryl methyl sites for hydroxylation is 2. The zero-order valence-corrected chi connectivity index (χ0v) is 11.2. The van der Waals surface area contributed by atoms with Crippen LogP contribution in [0.25, 0.3) is 0 Å². The molecule has 1 N–H and O–H groups in total. The highest BCUT2D eigenvalue weighted by Crippen LogP contribution is 2.10. The molecule has 1 rings (SSSR count). The average molecular weight is 249 g/mol. The molecule has 0 bridgehead atoms. The minimum absolute atomic E-state index is 0.172. The Morgan fingerprint density at radius 2 is 1.94 bits per heavy atom. The molecule has 0 spiro atoms. The van der Waals surface area contributed by atoms with E-state index in [2.05, 4.69) is 10.1 Å². The first kappa shape index (κ1) is 14.2. The summed E-state index contributed by atoms with van der Waals surface area (Å²) >= 11 is 0. The molecular formula is C14H19NO3. The summed E-state index contributed by atoms with van der Waals surface area (Å²) in [6.07, 6.45) is 0.174. The highest BCUT2D eigenvalue weighted by Gasteiger charge is 2.13. The monoisotopic (exact) mass is 249 g/mol. The molecule has 98 valence electrons. The zero-order chi connectivity index (χ0) is 13.7. The van der Waals surface area contributed by atoms with Gasteiger partial charge in [0, 0.05) is 11.6 Å². The molecule has 1 amide bonds. The van der Waals surface area contributed by atoms with Crippen molar-refractivity contribution in [3.05, 3.63) is 34.9 Å². The number of hydrogen-bond donors (Lipinski definition) is 1. The smallest absolute Gasteiger partial charge is 0.307 e. The summed E-state index contributed by atoms with van der Waals surface area (Å²) in [5.41, 5.74) is 2.83. The molecule has 0 heterocycles. The summed E-state index contributed by atoms with van der Waals surface area (Å²) in [7, 11) is 1.33. The first-order valence-corrected chi connectivity index (χ1v) is 5.89. The number of amides is 1. The van der Waals surface area contributed by atoms with E-state index in [0.29, 0.717) is 5.56 Å². The van der Waals surface area contributed by atoms with E-state index in [1.54, 1.807) is 13.0 Å². The standard InChI is InChI=1S/C14H19NO3/c1-9-5-6-12(7-10(9)2)14(17)15-11(3)8-13(16)18-4/h5-7,11H,8H2,1-4H3,(H,15,17). The number of hydrogen-bond acceptors (Lipinski definition) is 3. The third-order valence-corrected chi connectivity index (χ3v) is 2.85. The van der Waals surface area contributed by atoms with Gasteiger partial charge in [0.15, 0.2) is 0 Å². The second kappa shape index (κ2) is 6.19. The van der Waals surface area contributed by atoms with Crippen LogP contribution in [0.3, 0.4) is 0 Å². The largest absolute Gasteiger partial charge is 0.469 e. The topological polar surface area (TPSA) is 55.4 Å². The number of benzene rings is 1. The van der Waals surface area contributed by atoms with Crippen molar-refractivity contribution in [3.63, 3.8) is 0 Å². The molecule has 0 fully saturated rings. The molecule has 1 aromatic carbocycles. The molecule has 0 saturated carbocycles. The van der Waals surface area contributed by atoms with Crippen LogP contribution in [-0.2, 0) is 9.53 Å². The van der Waals surface area contributed by atoms with E-state index in [-0.39, 0.29) is 24.3 Å². The molecule has 0 saturated heterocycles. The lowest BCUT2D eigenvalue weighted by Crippen LogP contribution is -2.34. The van der Waals surface area contributed by atoms with E-state index >= 15 is 0 Å². The second-order valence-corrected chi connectivity index (χ2v) is 4.45. The van der Waals surface area contributed by atoms with Crippen molar-refractivity contribution < 1.29 is 14.3 Å². The first-order valence-electron chi connectivity index (χ1n) is 5.89. The Morgan fingerprint density at radius 3 is 2.50 bits per heavy atom. The van der Waals surface area contributed by atoms with Crippen molar-refractivity contribution in [2.75, 3.05) is 7.11 Å². The van der Waals surface area contributed by atoms with Crippen LogP contribution in [0.15, 0.2) is 18.2 Å². The van der Waals surface area contributed by atoms with Gasteiger partial charge in [-0.1, -0.05) is 6.07 Å². The number of ether oxygens (including phenoxy) is 1. The van der Waals surface area contributed by atoms with E-state index in [9.17, 15) is 9.59 Å². The highest BCUT2D eigenvalue weighted by atomic mass is 16.5. The first-order chi connectivity index (χ1) is 8.43. The van der Waals surface area contributed by atoms with Gasteiger partial charge in [0.1, 0.15) is 0 Å². The van der Waals surface area contributed by atoms with Crippen molar-refractivity contribution in [2.45, 2.75) is 33.2 Å². The highest BCUT2D eigenvalue weighted by molar-refractivity contribution is 5.94. The van der Waals surface area contributed by atoms with Crippen LogP contribution in [0.1, 0.15) is 34.8 Å². The van der Waals surface area contributed by atoms with Gasteiger partial charge >= 0.3 is 5.97 Å². The van der Waals surface area contributed by atoms with Gasteiger partial charge in [-0.2, -0.15) is 0 Å². The summed E-state index contributed by atoms with van der Waals surface area (Å²) in [5.74, 6) is -0.502. The van der Waals surface area contributed by atoms with Gasteiger partial charge in [-0.25, -0.2) is 0 Å². The Balaban J connectivity index is 2.64. The lowest BCUT2D eigenvalue weighted by Gasteiger charge is -2.13. The molecule has 0 aliphatic carbocycles. The van der Waals surface area contributed by atoms with Crippen molar-refractivity contribution in [1.82, 2.24) is 5.32 Å². The molecule has 4 nitrogen and oxygen atoms in total. The number of nitrogens with one attached hydrogen (secondary N) is 1. The number of methoxy groups -OCH3 is 1. The summed E-state index contributed by atoms with van der Waals surface area (Å²) in [6.45, 7) is 5.73. The fourth-order valence-corrected chi connectivity index (χ4v) is 1.57.